The highest BCUT2D eigenvalue weighted by Gasteiger charge is 2.32. The van der Waals surface area contributed by atoms with Crippen LogP contribution < -0.4 is 0 Å². The van der Waals surface area contributed by atoms with Crippen molar-refractivity contribution in [3.63, 3.8) is 0 Å². The van der Waals surface area contributed by atoms with Crippen LogP contribution in [0.25, 0.3) is 19.9 Å². The summed E-state index contributed by atoms with van der Waals surface area (Å²) in [4.78, 5) is 3.67. The van der Waals surface area contributed by atoms with Gasteiger partial charge in [-0.2, -0.15) is 0 Å². The number of rotatable bonds is 5. The normalized spacial score (nSPS) is 18.8. The summed E-state index contributed by atoms with van der Waals surface area (Å²) in [7, 11) is -2.09. The van der Waals surface area contributed by atoms with Crippen LogP contribution in [-0.2, 0) is 9.09 Å². The van der Waals surface area contributed by atoms with Crippen molar-refractivity contribution in [2.24, 2.45) is 0 Å². The molecule has 2 nitrogen and oxygen atoms in total. The van der Waals surface area contributed by atoms with Crippen molar-refractivity contribution in [1.29, 1.82) is 0 Å². The van der Waals surface area contributed by atoms with E-state index in [1.807, 2.05) is 13.0 Å². The first-order chi connectivity index (χ1) is 12.3. The molecule has 0 N–H and O–H groups in total. The molecule has 0 fully saturated rings. The van der Waals surface area contributed by atoms with Crippen LogP contribution in [0.5, 0.6) is 0 Å². The number of hydrogen-bond acceptors (Lipinski definition) is 5. The van der Waals surface area contributed by atoms with Crippen molar-refractivity contribution in [1.82, 2.24) is 0 Å². The van der Waals surface area contributed by atoms with Gasteiger partial charge in [-0.1, -0.05) is 72.1 Å². The smallest absolute Gasteiger partial charge is 0.214 e. The topological polar surface area (TPSA) is 26.3 Å². The summed E-state index contributed by atoms with van der Waals surface area (Å²) >= 11 is 5.17. The van der Waals surface area contributed by atoms with Crippen molar-refractivity contribution in [3.05, 3.63) is 71.1 Å². The van der Waals surface area contributed by atoms with Gasteiger partial charge in [0.05, 0.1) is 6.61 Å². The molecule has 1 aliphatic rings. The maximum Gasteiger partial charge on any atom is 0.214 e. The van der Waals surface area contributed by atoms with E-state index < -0.39 is 8.03 Å². The monoisotopic (exact) mass is 404 g/mol. The van der Waals surface area contributed by atoms with Gasteiger partial charge in [0.25, 0.3) is 0 Å². The van der Waals surface area contributed by atoms with E-state index in [2.05, 4.69) is 54.6 Å². The Hall–Kier alpha value is -0.970. The fourth-order valence-electron chi connectivity index (χ4n) is 2.70. The van der Waals surface area contributed by atoms with Gasteiger partial charge in [0.1, 0.15) is 4.32 Å². The van der Waals surface area contributed by atoms with E-state index in [4.69, 9.17) is 4.52 Å². The third-order valence-electron chi connectivity index (χ3n) is 3.82. The molecule has 0 spiro atoms. The van der Waals surface area contributed by atoms with Crippen LogP contribution in [0.2, 0.25) is 0 Å². The van der Waals surface area contributed by atoms with Gasteiger partial charge in [0.2, 0.25) is 8.03 Å². The molecule has 25 heavy (non-hydrogen) atoms. The zero-order valence-electron chi connectivity index (χ0n) is 13.6. The van der Waals surface area contributed by atoms with Crippen molar-refractivity contribution < 1.29 is 9.09 Å². The zero-order chi connectivity index (χ0) is 17.2. The molecule has 1 aromatic heterocycles. The first kappa shape index (κ1) is 17.4. The quantitative estimate of drug-likeness (QED) is 0.428. The van der Waals surface area contributed by atoms with Crippen molar-refractivity contribution >= 4 is 62.8 Å². The van der Waals surface area contributed by atoms with Crippen molar-refractivity contribution in [2.45, 2.75) is 11.2 Å². The lowest BCUT2D eigenvalue weighted by Gasteiger charge is -2.08. The fraction of sp³-hybridized carbons (Fsp3) is 0.158. The van der Waals surface area contributed by atoms with E-state index in [0.717, 1.165) is 0 Å². The van der Waals surface area contributed by atoms with Crippen LogP contribution in [0, 0.1) is 0 Å². The van der Waals surface area contributed by atoms with E-state index in [9.17, 15) is 4.57 Å². The van der Waals surface area contributed by atoms with Gasteiger partial charge in [-0.25, -0.2) is 0 Å². The van der Waals surface area contributed by atoms with Crippen molar-refractivity contribution in [2.75, 3.05) is 6.61 Å². The number of fused-ring (bicyclic) bond motifs is 1. The van der Waals surface area contributed by atoms with E-state index in [-0.39, 0.29) is 4.32 Å². The first-order valence-electron chi connectivity index (χ1n) is 8.05. The molecule has 2 atom stereocenters. The highest BCUT2D eigenvalue weighted by Crippen LogP contribution is 2.63. The third-order valence-corrected chi connectivity index (χ3v) is 10.4. The molecule has 0 aliphatic carbocycles. The highest BCUT2D eigenvalue weighted by atomic mass is 32.2. The maximum atomic E-state index is 12.5. The molecule has 2 unspecified atom stereocenters. The van der Waals surface area contributed by atoms with Gasteiger partial charge in [-0.15, -0.1) is 11.3 Å². The zero-order valence-corrected chi connectivity index (χ0v) is 17.0. The average Bonchev–Trinajstić information content (AvgIpc) is 3.27. The molecule has 0 saturated heterocycles. The molecule has 3 aromatic rings. The Bertz CT molecular complexity index is 916. The van der Waals surface area contributed by atoms with Crippen LogP contribution in [-0.4, -0.2) is 10.9 Å². The molecule has 4 rings (SSSR count). The molecule has 0 bridgehead atoms. The van der Waals surface area contributed by atoms with Gasteiger partial charge < -0.3 is 4.52 Å². The molecule has 2 heterocycles. The highest BCUT2D eigenvalue weighted by molar-refractivity contribution is 8.34. The average molecular weight is 405 g/mol. The van der Waals surface area contributed by atoms with Crippen LogP contribution in [0.4, 0.5) is 0 Å². The predicted octanol–water partition coefficient (Wildman–Crippen LogP) is 7.00. The molecule has 0 amide bonds. The minimum absolute atomic E-state index is 0.0552. The second-order valence-corrected chi connectivity index (χ2v) is 11.4. The Morgan fingerprint density at radius 2 is 1.72 bits per heavy atom. The minimum Gasteiger partial charge on any atom is -0.329 e. The Morgan fingerprint density at radius 3 is 2.48 bits per heavy atom. The fourth-order valence-corrected chi connectivity index (χ4v) is 8.73. The second-order valence-electron chi connectivity index (χ2n) is 5.49. The SMILES string of the molecule is CCO[PH](=O)C1SC(c2ccccc2)=C(c2cc3ccccc3s2)S1. The second kappa shape index (κ2) is 7.73. The van der Waals surface area contributed by atoms with E-state index in [1.165, 1.54) is 30.3 Å². The van der Waals surface area contributed by atoms with Crippen LogP contribution >= 0.6 is 42.9 Å². The first-order valence-corrected chi connectivity index (χ1v) is 12.0. The Morgan fingerprint density at radius 1 is 1.00 bits per heavy atom. The van der Waals surface area contributed by atoms with Crippen molar-refractivity contribution in [3.8, 4) is 0 Å². The summed E-state index contributed by atoms with van der Waals surface area (Å²) in [5.41, 5.74) is 1.18. The summed E-state index contributed by atoms with van der Waals surface area (Å²) in [6, 6.07) is 21.0. The summed E-state index contributed by atoms with van der Waals surface area (Å²) in [5, 5.41) is 1.26. The Kier molecular flexibility index (Phi) is 5.39. The van der Waals surface area contributed by atoms with Gasteiger partial charge in [0, 0.05) is 19.4 Å². The maximum absolute atomic E-state index is 12.5. The Labute approximate surface area is 160 Å². The van der Waals surface area contributed by atoms with Crippen LogP contribution in [0.15, 0.2) is 60.7 Å². The van der Waals surface area contributed by atoms with E-state index >= 15 is 0 Å². The lowest BCUT2D eigenvalue weighted by Crippen LogP contribution is -1.88. The number of thiophene rings is 1. The minimum atomic E-state index is -2.09. The lowest BCUT2D eigenvalue weighted by molar-refractivity contribution is 0.352. The number of hydrogen-bond donors (Lipinski definition) is 0. The van der Waals surface area contributed by atoms with Gasteiger partial charge in [-0.05, 0) is 30.0 Å². The molecule has 128 valence electrons. The molecule has 2 aromatic carbocycles. The lowest BCUT2D eigenvalue weighted by atomic mass is 10.2. The summed E-state index contributed by atoms with van der Waals surface area (Å²) < 4.78 is 19.1. The molecular weight excluding hydrogens is 387 g/mol. The molecular formula is C19H17O2PS3. The summed E-state index contributed by atoms with van der Waals surface area (Å²) in [5.74, 6) is 0. The van der Waals surface area contributed by atoms with E-state index in [0.29, 0.717) is 6.61 Å². The van der Waals surface area contributed by atoms with E-state index in [1.54, 1.807) is 34.9 Å². The third kappa shape index (κ3) is 3.62. The molecule has 0 radical (unpaired) electrons. The standard InChI is InChI=1S/C19H17O2PS3/c1-2-21-22(20)19-24-17(13-8-4-3-5-9-13)18(25-19)16-12-14-10-6-7-11-15(14)23-16/h3-12,19,22H,2H2,1H3. The van der Waals surface area contributed by atoms with Gasteiger partial charge in [-0.3, -0.25) is 4.57 Å². The number of benzene rings is 2. The van der Waals surface area contributed by atoms with Crippen LogP contribution in [0.3, 0.4) is 0 Å². The van der Waals surface area contributed by atoms with Crippen LogP contribution in [0.1, 0.15) is 17.4 Å². The van der Waals surface area contributed by atoms with Gasteiger partial charge in [0.15, 0.2) is 0 Å². The summed E-state index contributed by atoms with van der Waals surface area (Å²) in [6.45, 7) is 2.39. The summed E-state index contributed by atoms with van der Waals surface area (Å²) in [6.07, 6.45) is 0. The van der Waals surface area contributed by atoms with Gasteiger partial charge >= 0.3 is 0 Å². The largest absolute Gasteiger partial charge is 0.329 e. The molecule has 1 aliphatic heterocycles. The Balaban J connectivity index is 1.77. The number of thioether (sulfide) groups is 2. The predicted molar refractivity (Wildman–Crippen MR) is 115 cm³/mol. The molecule has 6 heteroatoms. The molecule has 0 saturated carbocycles.